The molecule has 0 nitrogen and oxygen atoms in total. The molecule has 0 radical (unpaired) electrons. The Morgan fingerprint density at radius 1 is 0.643 bits per heavy atom. The predicted octanol–water partition coefficient (Wildman–Crippen LogP) is 6.69. The van der Waals surface area contributed by atoms with E-state index in [1.54, 1.807) is 0 Å². The maximum absolute atomic E-state index is 6.20. The Labute approximate surface area is 180 Å². The normalized spacial score (nSPS) is 11.4. The maximum Gasteiger partial charge on any atom is 0.112 e. The first-order chi connectivity index (χ1) is 13.6. The molecule has 0 amide bonds. The highest BCUT2D eigenvalue weighted by Crippen LogP contribution is 2.53. The van der Waals surface area contributed by atoms with Crippen LogP contribution in [-0.4, -0.2) is 6.66 Å². The van der Waals surface area contributed by atoms with Crippen molar-refractivity contribution in [1.29, 1.82) is 0 Å². The zero-order valence-electron chi connectivity index (χ0n) is 15.5. The Hall–Kier alpha value is -1.92. The summed E-state index contributed by atoms with van der Waals surface area (Å²) < 4.78 is 1.01. The second-order valence-electron chi connectivity index (χ2n) is 6.82. The standard InChI is InChI=1S/C25H20BrClP/c1-28(20-10-4-2-5-11-20,21-12-6-3-7-13-21)25-15-9-8-14-23(25)22-17-16-19(27)18-24(22)26/h2-18H,1H3/q+1. The van der Waals surface area contributed by atoms with Crippen LogP contribution in [0.1, 0.15) is 0 Å². The van der Waals surface area contributed by atoms with E-state index in [-0.39, 0.29) is 0 Å². The molecule has 0 aliphatic heterocycles. The van der Waals surface area contributed by atoms with Gasteiger partial charge in [0.05, 0.1) is 6.66 Å². The molecule has 4 rings (SSSR count). The second-order valence-corrected chi connectivity index (χ2v) is 11.6. The first-order valence-electron chi connectivity index (χ1n) is 9.13. The van der Waals surface area contributed by atoms with Crippen molar-refractivity contribution in [3.8, 4) is 11.1 Å². The molecule has 0 fully saturated rings. The molecule has 0 bridgehead atoms. The van der Waals surface area contributed by atoms with E-state index >= 15 is 0 Å². The van der Waals surface area contributed by atoms with Gasteiger partial charge < -0.3 is 0 Å². The Balaban J connectivity index is 2.02. The smallest absolute Gasteiger partial charge is 0.0843 e. The van der Waals surface area contributed by atoms with Gasteiger partial charge in [0.2, 0.25) is 0 Å². The first-order valence-corrected chi connectivity index (χ1v) is 12.5. The van der Waals surface area contributed by atoms with Crippen LogP contribution >= 0.6 is 34.8 Å². The molecule has 0 saturated carbocycles. The van der Waals surface area contributed by atoms with Crippen molar-refractivity contribution >= 4 is 50.7 Å². The van der Waals surface area contributed by atoms with Gasteiger partial charge in [0.1, 0.15) is 23.2 Å². The Morgan fingerprint density at radius 2 is 1.18 bits per heavy atom. The van der Waals surface area contributed by atoms with Gasteiger partial charge in [-0.25, -0.2) is 0 Å². The van der Waals surface area contributed by atoms with Gasteiger partial charge in [-0.1, -0.05) is 88.2 Å². The number of rotatable bonds is 4. The highest BCUT2D eigenvalue weighted by atomic mass is 79.9. The minimum Gasteiger partial charge on any atom is -0.0843 e. The van der Waals surface area contributed by atoms with Crippen LogP contribution in [0.3, 0.4) is 0 Å². The van der Waals surface area contributed by atoms with E-state index in [9.17, 15) is 0 Å². The molecule has 0 N–H and O–H groups in total. The number of halogens is 2. The molecule has 3 heteroatoms. The minimum absolute atomic E-state index is 0.733. The van der Waals surface area contributed by atoms with Crippen molar-refractivity contribution in [3.63, 3.8) is 0 Å². The van der Waals surface area contributed by atoms with Crippen LogP contribution in [0.2, 0.25) is 5.02 Å². The Bertz CT molecular complexity index is 1050. The third kappa shape index (κ3) is 3.55. The van der Waals surface area contributed by atoms with Crippen LogP contribution in [-0.2, 0) is 0 Å². The second kappa shape index (κ2) is 8.21. The third-order valence-corrected chi connectivity index (χ3v) is 10.1. The molecule has 4 aromatic rings. The molecule has 0 aliphatic carbocycles. The summed E-state index contributed by atoms with van der Waals surface area (Å²) in [6, 6.07) is 36.5. The molecule has 0 aliphatic rings. The lowest BCUT2D eigenvalue weighted by molar-refractivity contribution is 1.60. The first kappa shape index (κ1) is 19.4. The molecule has 0 atom stereocenters. The van der Waals surface area contributed by atoms with Crippen LogP contribution in [0.15, 0.2) is 108 Å². The molecule has 4 aromatic carbocycles. The molecular formula is C25H20BrClP+. The van der Waals surface area contributed by atoms with Crippen LogP contribution in [0.25, 0.3) is 11.1 Å². The summed E-state index contributed by atoms with van der Waals surface area (Å²) in [4.78, 5) is 0. The molecule has 0 heterocycles. The van der Waals surface area contributed by atoms with Crippen molar-refractivity contribution in [2.24, 2.45) is 0 Å². The van der Waals surface area contributed by atoms with E-state index in [2.05, 4.69) is 114 Å². The van der Waals surface area contributed by atoms with Gasteiger partial charge in [-0.2, -0.15) is 0 Å². The van der Waals surface area contributed by atoms with Crippen molar-refractivity contribution in [2.75, 3.05) is 6.66 Å². The summed E-state index contributed by atoms with van der Waals surface area (Å²) in [5, 5.41) is 4.85. The Kier molecular flexibility index (Phi) is 5.69. The zero-order valence-corrected chi connectivity index (χ0v) is 18.8. The molecular weight excluding hydrogens is 447 g/mol. The Morgan fingerprint density at radius 3 is 1.75 bits per heavy atom. The zero-order chi connectivity index (χ0) is 19.6. The summed E-state index contributed by atoms with van der Waals surface area (Å²) in [5.74, 6) is 0. The molecule has 0 aromatic heterocycles. The minimum atomic E-state index is -1.82. The van der Waals surface area contributed by atoms with E-state index in [0.29, 0.717) is 0 Å². The summed E-state index contributed by atoms with van der Waals surface area (Å²) in [7, 11) is -1.82. The van der Waals surface area contributed by atoms with E-state index in [1.807, 2.05) is 12.1 Å². The lowest BCUT2D eigenvalue weighted by Gasteiger charge is -2.25. The summed E-state index contributed by atoms with van der Waals surface area (Å²) in [6.45, 7) is 2.42. The summed E-state index contributed by atoms with van der Waals surface area (Å²) in [5.41, 5.74) is 2.41. The molecule has 138 valence electrons. The lowest BCUT2D eigenvalue weighted by Crippen LogP contribution is -2.31. The maximum atomic E-state index is 6.20. The number of hydrogen-bond donors (Lipinski definition) is 0. The molecule has 0 spiro atoms. The quantitative estimate of drug-likeness (QED) is 0.294. The van der Waals surface area contributed by atoms with Gasteiger partial charge in [-0.3, -0.25) is 0 Å². The van der Waals surface area contributed by atoms with Crippen molar-refractivity contribution in [3.05, 3.63) is 113 Å². The van der Waals surface area contributed by atoms with E-state index in [0.717, 1.165) is 15.1 Å². The topological polar surface area (TPSA) is 0 Å². The fourth-order valence-electron chi connectivity index (χ4n) is 3.68. The van der Waals surface area contributed by atoms with Gasteiger partial charge in [0.25, 0.3) is 0 Å². The highest BCUT2D eigenvalue weighted by molar-refractivity contribution is 9.10. The summed E-state index contributed by atoms with van der Waals surface area (Å²) in [6.07, 6.45) is 0. The average molecular weight is 467 g/mol. The average Bonchev–Trinajstić information content (AvgIpc) is 2.74. The van der Waals surface area contributed by atoms with Gasteiger partial charge in [-0.05, 0) is 48.0 Å². The van der Waals surface area contributed by atoms with Gasteiger partial charge in [0.15, 0.2) is 0 Å². The predicted molar refractivity (Wildman–Crippen MR) is 129 cm³/mol. The van der Waals surface area contributed by atoms with Crippen molar-refractivity contribution < 1.29 is 0 Å². The van der Waals surface area contributed by atoms with Crippen molar-refractivity contribution in [1.82, 2.24) is 0 Å². The summed E-state index contributed by atoms with van der Waals surface area (Å²) >= 11 is 9.93. The number of benzene rings is 4. The van der Waals surface area contributed by atoms with Crippen LogP contribution < -0.4 is 15.9 Å². The fourth-order valence-corrected chi connectivity index (χ4v) is 8.03. The molecule has 0 unspecified atom stereocenters. The monoisotopic (exact) mass is 465 g/mol. The van der Waals surface area contributed by atoms with E-state index in [4.69, 9.17) is 11.6 Å². The van der Waals surface area contributed by atoms with E-state index < -0.39 is 7.26 Å². The fraction of sp³-hybridized carbons (Fsp3) is 0.0400. The van der Waals surface area contributed by atoms with Crippen LogP contribution in [0.4, 0.5) is 0 Å². The SMILES string of the molecule is C[P+](c1ccccc1)(c1ccccc1)c1ccccc1-c1ccc(Cl)cc1Br. The lowest BCUT2D eigenvalue weighted by atomic mass is 10.1. The van der Waals surface area contributed by atoms with Gasteiger partial charge in [-0.15, -0.1) is 0 Å². The number of hydrogen-bond acceptors (Lipinski definition) is 0. The largest absolute Gasteiger partial charge is 0.112 e. The molecule has 0 saturated heterocycles. The van der Waals surface area contributed by atoms with Gasteiger partial charge >= 0.3 is 0 Å². The van der Waals surface area contributed by atoms with Crippen LogP contribution in [0.5, 0.6) is 0 Å². The third-order valence-electron chi connectivity index (χ3n) is 5.15. The van der Waals surface area contributed by atoms with E-state index in [1.165, 1.54) is 21.5 Å². The highest BCUT2D eigenvalue weighted by Gasteiger charge is 2.42. The van der Waals surface area contributed by atoms with Gasteiger partial charge in [0, 0.05) is 15.1 Å². The van der Waals surface area contributed by atoms with Crippen molar-refractivity contribution in [2.45, 2.75) is 0 Å². The molecule has 28 heavy (non-hydrogen) atoms. The van der Waals surface area contributed by atoms with Crippen LogP contribution in [0, 0.1) is 0 Å².